The van der Waals surface area contributed by atoms with Crippen LogP contribution in [0.1, 0.15) is 59.9 Å². The van der Waals surface area contributed by atoms with Crippen LogP contribution in [0.2, 0.25) is 0 Å². The summed E-state index contributed by atoms with van der Waals surface area (Å²) in [6.07, 6.45) is 6.41. The summed E-state index contributed by atoms with van der Waals surface area (Å²) in [5.74, 6) is 1.13. The van der Waals surface area contributed by atoms with Gasteiger partial charge in [-0.2, -0.15) is 0 Å². The highest BCUT2D eigenvalue weighted by molar-refractivity contribution is 5.89. The lowest BCUT2D eigenvalue weighted by molar-refractivity contribution is 0.353. The number of furan rings is 1. The molecule has 4 aromatic rings. The number of rotatable bonds is 4. The van der Waals surface area contributed by atoms with E-state index in [9.17, 15) is 0 Å². The third-order valence-electron chi connectivity index (χ3n) is 7.03. The predicted octanol–water partition coefficient (Wildman–Crippen LogP) is 6.80. The lowest BCUT2D eigenvalue weighted by Crippen LogP contribution is -2.27. The van der Waals surface area contributed by atoms with E-state index in [2.05, 4.69) is 84.0 Å². The van der Waals surface area contributed by atoms with Crippen molar-refractivity contribution >= 4 is 17.2 Å². The van der Waals surface area contributed by atoms with Gasteiger partial charge < -0.3 is 9.73 Å². The number of benzene rings is 3. The van der Waals surface area contributed by atoms with Gasteiger partial charge in [0, 0.05) is 29.8 Å². The fraction of sp³-hybridized carbons (Fsp3) is 0.276. The van der Waals surface area contributed by atoms with Crippen LogP contribution in [-0.4, -0.2) is 12.8 Å². The molecule has 1 aliphatic heterocycles. The van der Waals surface area contributed by atoms with Crippen molar-refractivity contribution in [2.75, 3.05) is 6.54 Å². The Morgan fingerprint density at radius 1 is 0.969 bits per heavy atom. The van der Waals surface area contributed by atoms with Crippen molar-refractivity contribution in [3.63, 3.8) is 0 Å². The molecule has 0 spiro atoms. The molecule has 2 heterocycles. The maximum atomic E-state index is 6.44. The SMILES string of the molecule is C[C@@H](NC1CCCc2c1oc1ccc(-c3ccc4c(c3)CCN=C4)cc21)c1ccccc1. The van der Waals surface area contributed by atoms with E-state index in [0.29, 0.717) is 0 Å². The summed E-state index contributed by atoms with van der Waals surface area (Å²) in [7, 11) is 0. The van der Waals surface area contributed by atoms with Gasteiger partial charge in [0.15, 0.2) is 0 Å². The molecular weight excluding hydrogens is 392 g/mol. The van der Waals surface area contributed by atoms with Crippen LogP contribution >= 0.6 is 0 Å². The van der Waals surface area contributed by atoms with Gasteiger partial charge in [-0.25, -0.2) is 0 Å². The second-order valence-electron chi connectivity index (χ2n) is 9.10. The second kappa shape index (κ2) is 8.07. The highest BCUT2D eigenvalue weighted by Gasteiger charge is 2.28. The third-order valence-corrected chi connectivity index (χ3v) is 7.03. The highest BCUT2D eigenvalue weighted by Crippen LogP contribution is 2.40. The number of aryl methyl sites for hydroxylation is 1. The quantitative estimate of drug-likeness (QED) is 0.394. The summed E-state index contributed by atoms with van der Waals surface area (Å²) in [5.41, 5.74) is 8.89. The normalized spacial score (nSPS) is 18.3. The molecule has 0 fully saturated rings. The number of nitrogens with one attached hydrogen (secondary N) is 1. The Hall–Kier alpha value is -3.17. The van der Waals surface area contributed by atoms with E-state index in [1.807, 2.05) is 6.21 Å². The van der Waals surface area contributed by atoms with Crippen molar-refractivity contribution in [2.24, 2.45) is 4.99 Å². The minimum absolute atomic E-state index is 0.257. The van der Waals surface area contributed by atoms with Gasteiger partial charge in [-0.3, -0.25) is 4.99 Å². The summed E-state index contributed by atoms with van der Waals surface area (Å²) in [4.78, 5) is 4.41. The Morgan fingerprint density at radius 2 is 1.81 bits per heavy atom. The first-order valence-electron chi connectivity index (χ1n) is 11.8. The van der Waals surface area contributed by atoms with Crippen LogP contribution in [-0.2, 0) is 12.8 Å². The molecule has 2 atom stereocenters. The maximum Gasteiger partial charge on any atom is 0.134 e. The minimum Gasteiger partial charge on any atom is -0.459 e. The molecule has 3 heteroatoms. The van der Waals surface area contributed by atoms with Crippen LogP contribution in [0.3, 0.4) is 0 Å². The molecule has 0 saturated carbocycles. The Bertz CT molecular complexity index is 1300. The van der Waals surface area contributed by atoms with Crippen LogP contribution in [0.15, 0.2) is 76.1 Å². The molecule has 160 valence electrons. The zero-order valence-electron chi connectivity index (χ0n) is 18.5. The van der Waals surface area contributed by atoms with Gasteiger partial charge in [0.2, 0.25) is 0 Å². The first kappa shape index (κ1) is 19.5. The molecular formula is C29H28N2O. The van der Waals surface area contributed by atoms with E-state index in [-0.39, 0.29) is 12.1 Å². The van der Waals surface area contributed by atoms with E-state index in [1.165, 1.54) is 45.2 Å². The molecule has 1 aromatic heterocycles. The van der Waals surface area contributed by atoms with E-state index in [0.717, 1.165) is 37.2 Å². The lowest BCUT2D eigenvalue weighted by atomic mass is 9.90. The molecule has 0 bridgehead atoms. The third kappa shape index (κ3) is 3.47. The summed E-state index contributed by atoms with van der Waals surface area (Å²) in [6.45, 7) is 3.13. The van der Waals surface area contributed by atoms with E-state index >= 15 is 0 Å². The zero-order chi connectivity index (χ0) is 21.5. The largest absolute Gasteiger partial charge is 0.459 e. The van der Waals surface area contributed by atoms with Crippen molar-refractivity contribution < 1.29 is 4.42 Å². The summed E-state index contributed by atoms with van der Waals surface area (Å²) >= 11 is 0. The molecule has 0 amide bonds. The van der Waals surface area contributed by atoms with Gasteiger partial charge in [-0.15, -0.1) is 0 Å². The molecule has 0 saturated heterocycles. The zero-order valence-corrected chi connectivity index (χ0v) is 18.5. The number of hydrogen-bond acceptors (Lipinski definition) is 3. The monoisotopic (exact) mass is 420 g/mol. The summed E-state index contributed by atoms with van der Waals surface area (Å²) < 4.78 is 6.44. The van der Waals surface area contributed by atoms with Crippen LogP contribution < -0.4 is 5.32 Å². The van der Waals surface area contributed by atoms with E-state index < -0.39 is 0 Å². The molecule has 1 N–H and O–H groups in total. The summed E-state index contributed by atoms with van der Waals surface area (Å²) in [6, 6.07) is 24.7. The average Bonchev–Trinajstić information content (AvgIpc) is 3.23. The number of fused-ring (bicyclic) bond motifs is 4. The minimum atomic E-state index is 0.257. The van der Waals surface area contributed by atoms with Crippen molar-refractivity contribution in [3.8, 4) is 11.1 Å². The molecule has 6 rings (SSSR count). The smallest absolute Gasteiger partial charge is 0.134 e. The Balaban J connectivity index is 1.34. The Morgan fingerprint density at radius 3 is 2.72 bits per heavy atom. The number of nitrogens with zero attached hydrogens (tertiary/aromatic N) is 1. The molecule has 0 radical (unpaired) electrons. The number of aliphatic imine (C=N–C) groups is 1. The Labute approximate surface area is 189 Å². The van der Waals surface area contributed by atoms with Gasteiger partial charge in [0.05, 0.1) is 6.04 Å². The van der Waals surface area contributed by atoms with Crippen molar-refractivity contribution in [3.05, 3.63) is 94.7 Å². The molecule has 32 heavy (non-hydrogen) atoms. The van der Waals surface area contributed by atoms with Crippen LogP contribution in [0.5, 0.6) is 0 Å². The van der Waals surface area contributed by atoms with Gasteiger partial charge in [0.25, 0.3) is 0 Å². The van der Waals surface area contributed by atoms with Crippen LogP contribution in [0.4, 0.5) is 0 Å². The molecule has 1 unspecified atom stereocenters. The molecule has 2 aliphatic rings. The lowest BCUT2D eigenvalue weighted by Gasteiger charge is -2.26. The second-order valence-corrected chi connectivity index (χ2v) is 9.10. The first-order chi connectivity index (χ1) is 15.8. The predicted molar refractivity (Wildman–Crippen MR) is 131 cm³/mol. The maximum absolute atomic E-state index is 6.44. The van der Waals surface area contributed by atoms with Crippen molar-refractivity contribution in [1.82, 2.24) is 5.32 Å². The van der Waals surface area contributed by atoms with Crippen molar-refractivity contribution in [1.29, 1.82) is 0 Å². The molecule has 3 aromatic carbocycles. The van der Waals surface area contributed by atoms with Crippen LogP contribution in [0.25, 0.3) is 22.1 Å². The van der Waals surface area contributed by atoms with E-state index in [4.69, 9.17) is 4.42 Å². The summed E-state index contributed by atoms with van der Waals surface area (Å²) in [5, 5.41) is 5.10. The molecule has 3 nitrogen and oxygen atoms in total. The topological polar surface area (TPSA) is 37.5 Å². The van der Waals surface area contributed by atoms with E-state index in [1.54, 1.807) is 0 Å². The standard InChI is InChI=1S/C29H28N2O/c1-19(20-6-3-2-4-7-20)31-27-9-5-8-25-26-17-22(12-13-28(26)32-29(25)27)21-10-11-24-18-30-15-14-23(24)16-21/h2-4,6-7,10-13,16-19,27,31H,5,8-9,14-15H2,1H3/t19-,27?/m1/s1. The van der Waals surface area contributed by atoms with Crippen LogP contribution in [0, 0.1) is 0 Å². The van der Waals surface area contributed by atoms with Gasteiger partial charge in [0.1, 0.15) is 11.3 Å². The van der Waals surface area contributed by atoms with Crippen molar-refractivity contribution in [2.45, 2.75) is 44.7 Å². The molecule has 1 aliphatic carbocycles. The average molecular weight is 421 g/mol. The first-order valence-corrected chi connectivity index (χ1v) is 11.8. The Kier molecular flexibility index (Phi) is 4.92. The highest BCUT2D eigenvalue weighted by atomic mass is 16.3. The van der Waals surface area contributed by atoms with Gasteiger partial charge >= 0.3 is 0 Å². The fourth-order valence-electron chi connectivity index (χ4n) is 5.27. The number of hydrogen-bond donors (Lipinski definition) is 1. The van der Waals surface area contributed by atoms with Gasteiger partial charge in [-0.05, 0) is 72.6 Å². The van der Waals surface area contributed by atoms with Gasteiger partial charge in [-0.1, -0.05) is 54.6 Å². The fourth-order valence-corrected chi connectivity index (χ4v) is 5.27.